The highest BCUT2D eigenvalue weighted by molar-refractivity contribution is 8.01. The highest BCUT2D eigenvalue weighted by atomic mass is 32.2. The van der Waals surface area contributed by atoms with Crippen molar-refractivity contribution >= 4 is 113 Å². The largest absolute Gasteiger partial charge is 0.418 e. The Morgan fingerprint density at radius 1 is 0.462 bits per heavy atom. The zero-order chi connectivity index (χ0) is 34.2. The molecule has 7 aromatic carbocycles. The Hall–Kier alpha value is -5.24. The fourth-order valence-electron chi connectivity index (χ4n) is 10.0. The van der Waals surface area contributed by atoms with Gasteiger partial charge >= 0.3 is 6.18 Å². The third kappa shape index (κ3) is 3.24. The Labute approximate surface area is 304 Å². The van der Waals surface area contributed by atoms with Crippen LogP contribution in [0.1, 0.15) is 5.56 Å². The van der Waals surface area contributed by atoms with E-state index in [1.54, 1.807) is 0 Å². The molecule has 0 saturated heterocycles. The summed E-state index contributed by atoms with van der Waals surface area (Å²) in [6.45, 7) is -0.691. The molecular formula is C43H21B2F3N2S2. The van der Waals surface area contributed by atoms with Crippen molar-refractivity contribution in [3.63, 3.8) is 0 Å². The van der Waals surface area contributed by atoms with Gasteiger partial charge in [0.25, 0.3) is 0 Å². The quantitative estimate of drug-likeness (QED) is 0.151. The molecule has 4 aliphatic rings. The Morgan fingerprint density at radius 2 is 0.904 bits per heavy atom. The minimum atomic E-state index is -4.56. The minimum Gasteiger partial charge on any atom is -0.310 e. The number of aromatic nitrogens is 2. The first-order valence-corrected chi connectivity index (χ1v) is 19.0. The van der Waals surface area contributed by atoms with Crippen LogP contribution in [0.2, 0.25) is 0 Å². The summed E-state index contributed by atoms with van der Waals surface area (Å²) >= 11 is 2.58. The Morgan fingerprint density at radius 3 is 1.38 bits per heavy atom. The molecule has 0 N–H and O–H groups in total. The molecule has 0 aliphatic carbocycles. The molecule has 9 aromatic rings. The van der Waals surface area contributed by atoms with Gasteiger partial charge in [0.1, 0.15) is 0 Å². The van der Waals surface area contributed by atoms with Crippen LogP contribution in [0.25, 0.3) is 55.0 Å². The fourth-order valence-corrected chi connectivity index (χ4v) is 12.7. The zero-order valence-electron chi connectivity index (χ0n) is 27.1. The van der Waals surface area contributed by atoms with E-state index in [1.165, 1.54) is 23.5 Å². The van der Waals surface area contributed by atoms with Gasteiger partial charge in [-0.3, -0.25) is 0 Å². The molecule has 0 bridgehead atoms. The van der Waals surface area contributed by atoms with E-state index < -0.39 is 11.7 Å². The lowest BCUT2D eigenvalue weighted by Gasteiger charge is -2.38. The molecule has 0 atom stereocenters. The van der Waals surface area contributed by atoms with Gasteiger partial charge in [-0.25, -0.2) is 0 Å². The van der Waals surface area contributed by atoms with E-state index in [9.17, 15) is 0 Å². The van der Waals surface area contributed by atoms with E-state index in [1.807, 2.05) is 24.3 Å². The van der Waals surface area contributed by atoms with Crippen molar-refractivity contribution in [1.82, 2.24) is 9.13 Å². The normalized spacial score (nSPS) is 14.6. The number of para-hydroxylation sites is 4. The zero-order valence-corrected chi connectivity index (χ0v) is 28.8. The minimum absolute atomic E-state index is 0.331. The first kappa shape index (κ1) is 28.4. The lowest BCUT2D eigenvalue weighted by molar-refractivity contribution is -0.141. The predicted octanol–water partition coefficient (Wildman–Crippen LogP) is 7.49. The standard InChI is InChI=1S/C43H21B2F3N2S2/c46-43(47,48)36-41-28(44-26-13-5-11-24-22-9-1-3-15-30(22)49(39(24)26)32-17-7-19-34(51-41)37(32)44)21-29-42(36)52-35-20-8-18-33-38(35)45(29)27-14-6-12-25-23-10-2-4-16-31(23)50(33)40(25)27/h1-21H. The summed E-state index contributed by atoms with van der Waals surface area (Å²) < 4.78 is 52.5. The van der Waals surface area contributed by atoms with Crippen LogP contribution in [0.15, 0.2) is 147 Å². The summed E-state index contributed by atoms with van der Waals surface area (Å²) in [6, 6.07) is 44.0. The number of rotatable bonds is 0. The molecule has 6 heterocycles. The van der Waals surface area contributed by atoms with Crippen molar-refractivity contribution in [2.45, 2.75) is 25.8 Å². The van der Waals surface area contributed by atoms with E-state index in [-0.39, 0.29) is 13.4 Å². The maximum atomic E-state index is 15.9. The van der Waals surface area contributed by atoms with E-state index in [0.717, 1.165) is 97.6 Å². The lowest BCUT2D eigenvalue weighted by atomic mass is 9.32. The van der Waals surface area contributed by atoms with Crippen LogP contribution in [0, 0.1) is 0 Å². The second kappa shape index (κ2) is 9.40. The molecule has 0 amide bonds. The average Bonchev–Trinajstić information content (AvgIpc) is 3.68. The van der Waals surface area contributed by atoms with E-state index in [4.69, 9.17) is 0 Å². The topological polar surface area (TPSA) is 9.86 Å². The molecule has 52 heavy (non-hydrogen) atoms. The summed E-state index contributed by atoms with van der Waals surface area (Å²) in [4.78, 5) is 2.43. The van der Waals surface area contributed by atoms with Gasteiger partial charge in [0, 0.05) is 63.5 Å². The third-order valence-corrected chi connectivity index (χ3v) is 14.3. The van der Waals surface area contributed by atoms with Gasteiger partial charge in [0.2, 0.25) is 13.4 Å². The molecule has 2 aromatic heterocycles. The number of hydrogen-bond acceptors (Lipinski definition) is 2. The van der Waals surface area contributed by atoms with Crippen molar-refractivity contribution < 1.29 is 13.2 Å². The fraction of sp³-hybridized carbons (Fsp3) is 0.0233. The molecular weight excluding hydrogens is 687 g/mol. The molecule has 13 rings (SSSR count). The van der Waals surface area contributed by atoms with Crippen molar-refractivity contribution in [1.29, 1.82) is 0 Å². The highest BCUT2D eigenvalue weighted by Gasteiger charge is 2.49. The van der Waals surface area contributed by atoms with Gasteiger partial charge in [0.15, 0.2) is 0 Å². The van der Waals surface area contributed by atoms with Gasteiger partial charge in [0.05, 0.1) is 16.6 Å². The molecule has 9 heteroatoms. The van der Waals surface area contributed by atoms with Crippen LogP contribution in [0.3, 0.4) is 0 Å². The first-order valence-electron chi connectivity index (χ1n) is 17.4. The number of fused-ring (bicyclic) bond motifs is 14. The van der Waals surface area contributed by atoms with Crippen LogP contribution >= 0.6 is 23.5 Å². The predicted molar refractivity (Wildman–Crippen MR) is 211 cm³/mol. The van der Waals surface area contributed by atoms with Crippen LogP contribution in [0.4, 0.5) is 13.2 Å². The number of alkyl halides is 3. The molecule has 4 aliphatic heterocycles. The van der Waals surface area contributed by atoms with Crippen molar-refractivity contribution in [2.75, 3.05) is 0 Å². The van der Waals surface area contributed by atoms with Crippen molar-refractivity contribution in [3.05, 3.63) is 133 Å². The molecule has 0 radical (unpaired) electrons. The number of benzene rings is 7. The van der Waals surface area contributed by atoms with Gasteiger partial charge in [-0.15, -0.1) is 0 Å². The Balaban J connectivity index is 1.17. The van der Waals surface area contributed by atoms with Gasteiger partial charge in [-0.05, 0) is 58.2 Å². The summed E-state index contributed by atoms with van der Waals surface area (Å²) in [6.07, 6.45) is -4.56. The van der Waals surface area contributed by atoms with Gasteiger partial charge in [-0.2, -0.15) is 13.2 Å². The van der Waals surface area contributed by atoms with Gasteiger partial charge < -0.3 is 9.13 Å². The molecule has 0 spiro atoms. The SMILES string of the molecule is FC(F)(F)c1c2c(cc3c1Sc1cccc4c1B3c1cccc3c5ccccc5n-4c13)B1c3c(cccc3-n3c4ccccc4c4cccc1c43)S2. The second-order valence-corrected chi connectivity index (χ2v) is 16.3. The third-order valence-electron chi connectivity index (χ3n) is 11.8. The number of nitrogens with zero attached hydrogens (tertiary/aromatic N) is 2. The molecule has 0 unspecified atom stereocenters. The van der Waals surface area contributed by atoms with Crippen molar-refractivity contribution in [2.24, 2.45) is 0 Å². The maximum absolute atomic E-state index is 15.9. The smallest absolute Gasteiger partial charge is 0.310 e. The number of halogens is 3. The van der Waals surface area contributed by atoms with Crippen LogP contribution < -0.4 is 32.8 Å². The van der Waals surface area contributed by atoms with E-state index >= 15 is 13.2 Å². The average molecular weight is 708 g/mol. The monoisotopic (exact) mass is 708 g/mol. The molecule has 2 nitrogen and oxygen atoms in total. The Kier molecular flexibility index (Phi) is 5.13. The number of hydrogen-bond donors (Lipinski definition) is 0. The Bertz CT molecular complexity index is 2960. The van der Waals surface area contributed by atoms with E-state index in [0.29, 0.717) is 9.79 Å². The van der Waals surface area contributed by atoms with Gasteiger partial charge in [-0.1, -0.05) is 125 Å². The lowest BCUT2D eigenvalue weighted by Crippen LogP contribution is -2.63. The maximum Gasteiger partial charge on any atom is 0.418 e. The summed E-state index contributed by atoms with van der Waals surface area (Å²) in [5, 5.41) is 4.55. The molecule has 0 saturated carbocycles. The molecule has 242 valence electrons. The van der Waals surface area contributed by atoms with Crippen LogP contribution in [-0.2, 0) is 6.18 Å². The molecule has 0 fully saturated rings. The van der Waals surface area contributed by atoms with Crippen molar-refractivity contribution in [3.8, 4) is 11.4 Å². The second-order valence-electron chi connectivity index (χ2n) is 14.2. The van der Waals surface area contributed by atoms with E-state index in [2.05, 4.69) is 112 Å². The van der Waals surface area contributed by atoms with Crippen LogP contribution in [0.5, 0.6) is 0 Å². The summed E-state index contributed by atoms with van der Waals surface area (Å²) in [7, 11) is 0. The summed E-state index contributed by atoms with van der Waals surface area (Å²) in [5.74, 6) is 0. The summed E-state index contributed by atoms with van der Waals surface area (Å²) in [5.41, 5.74) is 11.8. The highest BCUT2D eigenvalue weighted by Crippen LogP contribution is 2.49. The van der Waals surface area contributed by atoms with Crippen LogP contribution in [-0.4, -0.2) is 22.6 Å². The first-order chi connectivity index (χ1) is 25.5.